The van der Waals surface area contributed by atoms with Crippen molar-refractivity contribution in [3.63, 3.8) is 0 Å². The van der Waals surface area contributed by atoms with Crippen LogP contribution in [-0.4, -0.2) is 75.1 Å². The van der Waals surface area contributed by atoms with Crippen LogP contribution in [0.25, 0.3) is 0 Å². The summed E-state index contributed by atoms with van der Waals surface area (Å²) < 4.78 is 0. The summed E-state index contributed by atoms with van der Waals surface area (Å²) in [6.45, 7) is 4.20. The SMILES string of the molecule is CC(C)C[C@H](NC(=O)[C@H](Cc1ccccc1)NC(=O)[C@H](CCC1CCCCC1)NC(=O)[C@H](Cc1ccccc1)N=[N+]=N)C(O)(O)[C@@](C)(N)CO. The highest BCUT2D eigenvalue weighted by molar-refractivity contribution is 5.93. The number of hydrogen-bond acceptors (Lipinski definition) is 9. The van der Waals surface area contributed by atoms with Gasteiger partial charge in [-0.1, -0.05) is 107 Å². The van der Waals surface area contributed by atoms with Gasteiger partial charge in [-0.3, -0.25) is 14.4 Å². The van der Waals surface area contributed by atoms with Crippen LogP contribution in [0.1, 0.15) is 83.3 Å². The summed E-state index contributed by atoms with van der Waals surface area (Å²) in [4.78, 5) is 44.8. The maximum atomic E-state index is 14.1. The third kappa shape index (κ3) is 12.1. The minimum atomic E-state index is -2.69. The van der Waals surface area contributed by atoms with Crippen molar-refractivity contribution in [2.24, 2.45) is 22.7 Å². The normalized spacial score (nSPS) is 17.4. The maximum absolute atomic E-state index is 14.1. The van der Waals surface area contributed by atoms with Crippen LogP contribution >= 0.6 is 0 Å². The number of aliphatic hydroxyl groups is 3. The maximum Gasteiger partial charge on any atom is 0.253 e. The van der Waals surface area contributed by atoms with Crippen LogP contribution in [0, 0.1) is 17.4 Å². The van der Waals surface area contributed by atoms with E-state index in [2.05, 4.69) is 26.0 Å². The molecule has 0 aromatic heterocycles. The number of carbonyl (C=O) groups is 3. The molecule has 13 heteroatoms. The summed E-state index contributed by atoms with van der Waals surface area (Å²) >= 11 is 0. The molecule has 0 bridgehead atoms. The highest BCUT2D eigenvalue weighted by Crippen LogP contribution is 2.28. The van der Waals surface area contributed by atoms with Gasteiger partial charge in [0, 0.05) is 12.8 Å². The molecule has 0 spiro atoms. The summed E-state index contributed by atoms with van der Waals surface area (Å²) in [5.41, 5.74) is 13.1. The van der Waals surface area contributed by atoms with Gasteiger partial charge in [0.1, 0.15) is 22.7 Å². The molecule has 13 nitrogen and oxygen atoms in total. The Labute approximate surface area is 295 Å². The van der Waals surface area contributed by atoms with Crippen molar-refractivity contribution in [3.8, 4) is 0 Å². The monoisotopic (exact) mass is 694 g/mol. The Morgan fingerprint density at radius 2 is 1.42 bits per heavy atom. The summed E-state index contributed by atoms with van der Waals surface area (Å²) in [6, 6.07) is 13.8. The van der Waals surface area contributed by atoms with E-state index in [4.69, 9.17) is 11.3 Å². The molecule has 274 valence electrons. The second-order valence-electron chi connectivity index (χ2n) is 14.3. The largest absolute Gasteiger partial charge is 0.394 e. The van der Waals surface area contributed by atoms with Gasteiger partial charge >= 0.3 is 0 Å². The van der Waals surface area contributed by atoms with Crippen molar-refractivity contribution in [1.29, 1.82) is 5.53 Å². The summed E-state index contributed by atoms with van der Waals surface area (Å²) in [5, 5.41) is 44.3. The van der Waals surface area contributed by atoms with Crippen LogP contribution in [0.5, 0.6) is 0 Å². The van der Waals surface area contributed by atoms with Crippen molar-refractivity contribution >= 4 is 17.7 Å². The van der Waals surface area contributed by atoms with Gasteiger partial charge in [-0.25, -0.2) is 0 Å². The van der Waals surface area contributed by atoms with E-state index in [0.29, 0.717) is 18.8 Å². The summed E-state index contributed by atoms with van der Waals surface area (Å²) in [7, 11) is 0. The average molecular weight is 695 g/mol. The zero-order valence-corrected chi connectivity index (χ0v) is 29.6. The van der Waals surface area contributed by atoms with Crippen LogP contribution in [0.2, 0.25) is 0 Å². The van der Waals surface area contributed by atoms with Gasteiger partial charge in [0.05, 0.1) is 18.2 Å². The predicted molar refractivity (Wildman–Crippen MR) is 189 cm³/mol. The molecule has 2 aromatic carbocycles. The standard InChI is InChI=1S/C37H55N7O6/c1-25(2)21-32(37(49,50)36(3,38)24-45)42-34(47)30(22-27-15-9-5-10-16-27)41-33(46)29(20-19-26-13-7-4-8-14-26)40-35(48)31(43-44-39)23-28-17-11-6-12-18-28/h5-6,9-12,15-18,25-26,29-32,39,45,49-50H,4,7-8,13-14,19-24,38H2,1-3H3,(H2-,40,41,42,46,47,48)/p+1/t29-,30-,31-,32-,36-/m0/s1. The van der Waals surface area contributed by atoms with Crippen LogP contribution in [0.15, 0.2) is 65.8 Å². The molecule has 50 heavy (non-hydrogen) atoms. The molecule has 3 amide bonds. The number of hydrogen-bond donors (Lipinski definition) is 8. The predicted octanol–water partition coefficient (Wildman–Crippen LogP) is 2.64. The van der Waals surface area contributed by atoms with Crippen LogP contribution in [0.3, 0.4) is 0 Å². The van der Waals surface area contributed by atoms with Crippen molar-refractivity contribution in [3.05, 3.63) is 71.8 Å². The molecule has 9 N–H and O–H groups in total. The van der Waals surface area contributed by atoms with Gasteiger partial charge in [0.2, 0.25) is 28.6 Å². The second-order valence-corrected chi connectivity index (χ2v) is 14.3. The molecule has 5 atom stereocenters. The van der Waals surface area contributed by atoms with E-state index in [9.17, 15) is 29.7 Å². The lowest BCUT2D eigenvalue weighted by Crippen LogP contribution is -2.71. The number of nitrogens with one attached hydrogen (secondary N) is 4. The molecular formula is C37H56N7O6+. The first kappa shape index (κ1) is 40.4. The number of aliphatic hydroxyl groups excluding tert-OH is 1. The smallest absolute Gasteiger partial charge is 0.253 e. The van der Waals surface area contributed by atoms with Crippen LogP contribution < -0.4 is 26.6 Å². The zero-order chi connectivity index (χ0) is 36.7. The number of carbonyl (C=O) groups excluding carboxylic acids is 3. The molecule has 0 heterocycles. The fourth-order valence-electron chi connectivity index (χ4n) is 6.42. The Morgan fingerprint density at radius 3 is 1.96 bits per heavy atom. The van der Waals surface area contributed by atoms with E-state index in [0.717, 1.165) is 36.8 Å². The Bertz CT molecular complexity index is 1410. The highest BCUT2D eigenvalue weighted by atomic mass is 16.5. The lowest BCUT2D eigenvalue weighted by Gasteiger charge is -2.43. The number of nitrogens with zero attached hydrogens (tertiary/aromatic N) is 2. The van der Waals surface area contributed by atoms with Gasteiger partial charge < -0.3 is 37.0 Å². The lowest BCUT2D eigenvalue weighted by molar-refractivity contribution is -0.234. The van der Waals surface area contributed by atoms with Crippen molar-refractivity contribution < 1.29 is 29.7 Å². The van der Waals surface area contributed by atoms with Crippen LogP contribution in [0.4, 0.5) is 0 Å². The molecule has 1 aliphatic carbocycles. The summed E-state index contributed by atoms with van der Waals surface area (Å²) in [6.07, 6.45) is 6.88. The molecule has 3 rings (SSSR count). The summed E-state index contributed by atoms with van der Waals surface area (Å²) in [5.74, 6) is -4.21. The third-order valence-corrected chi connectivity index (χ3v) is 9.59. The van der Waals surface area contributed by atoms with Crippen LogP contribution in [-0.2, 0) is 27.2 Å². The first-order valence-corrected chi connectivity index (χ1v) is 17.7. The number of benzene rings is 2. The molecule has 1 fully saturated rings. The topological polar surface area (TPSA) is 224 Å². The van der Waals surface area contributed by atoms with Crippen molar-refractivity contribution in [1.82, 2.24) is 20.9 Å². The number of nitrogens with two attached hydrogens (primary N) is 1. The third-order valence-electron chi connectivity index (χ3n) is 9.59. The van der Waals surface area contributed by atoms with E-state index >= 15 is 0 Å². The molecule has 0 saturated heterocycles. The second kappa shape index (κ2) is 19.4. The van der Waals surface area contributed by atoms with Gasteiger partial charge in [0.25, 0.3) is 5.91 Å². The minimum absolute atomic E-state index is 0.0730. The Morgan fingerprint density at radius 1 is 0.880 bits per heavy atom. The fraction of sp³-hybridized carbons (Fsp3) is 0.595. The van der Waals surface area contributed by atoms with E-state index in [1.165, 1.54) is 13.3 Å². The van der Waals surface area contributed by atoms with Gasteiger partial charge in [-0.15, -0.1) is 0 Å². The molecule has 1 aliphatic rings. The molecule has 2 aromatic rings. The quantitative estimate of drug-likeness (QED) is 0.0623. The number of rotatable bonds is 19. The molecule has 1 saturated carbocycles. The van der Waals surface area contributed by atoms with E-state index in [1.54, 1.807) is 0 Å². The zero-order valence-electron chi connectivity index (χ0n) is 29.6. The van der Waals surface area contributed by atoms with Gasteiger partial charge in [-0.05, 0) is 49.1 Å². The number of amides is 3. The molecule has 0 radical (unpaired) electrons. The Hall–Kier alpha value is -4.00. The Kier molecular flexibility index (Phi) is 15.7. The van der Waals surface area contributed by atoms with E-state index < -0.39 is 59.8 Å². The van der Waals surface area contributed by atoms with Crippen molar-refractivity contribution in [2.75, 3.05) is 6.61 Å². The molecule has 0 unspecified atom stereocenters. The first-order chi connectivity index (χ1) is 23.8. The Balaban J connectivity index is 1.90. The van der Waals surface area contributed by atoms with Gasteiger partial charge in [0.15, 0.2) is 0 Å². The lowest BCUT2D eigenvalue weighted by atomic mass is 9.83. The minimum Gasteiger partial charge on any atom is -0.394 e. The van der Waals surface area contributed by atoms with Gasteiger partial charge in [-0.2, -0.15) is 0 Å². The van der Waals surface area contributed by atoms with E-state index in [-0.39, 0.29) is 25.2 Å². The highest BCUT2D eigenvalue weighted by Gasteiger charge is 2.50. The fourth-order valence-corrected chi connectivity index (χ4v) is 6.42. The molecular weight excluding hydrogens is 638 g/mol. The first-order valence-electron chi connectivity index (χ1n) is 17.7. The van der Waals surface area contributed by atoms with E-state index in [1.807, 2.05) is 74.5 Å². The van der Waals surface area contributed by atoms with Crippen molar-refractivity contribution in [2.45, 2.75) is 120 Å². The molecule has 0 aliphatic heterocycles. The average Bonchev–Trinajstić information content (AvgIpc) is 3.10.